The molecular weight excluding hydrogens is 216 g/mol. The number of carbonyl (C=O) groups is 1. The van der Waals surface area contributed by atoms with Gasteiger partial charge in [-0.25, -0.2) is 0 Å². The van der Waals surface area contributed by atoms with Gasteiger partial charge < -0.3 is 14.6 Å². The van der Waals surface area contributed by atoms with Gasteiger partial charge in [0, 0.05) is 25.0 Å². The molecule has 0 atom stereocenters. The lowest BCUT2D eigenvalue weighted by atomic mass is 10.2. The summed E-state index contributed by atoms with van der Waals surface area (Å²) in [7, 11) is 0. The molecule has 0 aromatic carbocycles. The molecule has 0 fully saturated rings. The molecule has 0 saturated heterocycles. The first kappa shape index (κ1) is 13.8. The van der Waals surface area contributed by atoms with E-state index in [9.17, 15) is 4.79 Å². The van der Waals surface area contributed by atoms with Gasteiger partial charge in [-0.1, -0.05) is 0 Å². The molecule has 0 amide bonds. The number of nitrogens with zero attached hydrogens (tertiary/aromatic N) is 1. The fraction of sp³-hybridized carbons (Fsp3) is 0.615. The first-order chi connectivity index (χ1) is 7.92. The van der Waals surface area contributed by atoms with Crippen molar-refractivity contribution >= 4 is 5.97 Å². The zero-order valence-corrected chi connectivity index (χ0v) is 11.1. The molecule has 1 N–H and O–H groups in total. The highest BCUT2D eigenvalue weighted by molar-refractivity contribution is 5.72. The summed E-state index contributed by atoms with van der Waals surface area (Å²) >= 11 is 0. The zero-order valence-electron chi connectivity index (χ0n) is 11.1. The number of ether oxygens (including phenoxy) is 1. The van der Waals surface area contributed by atoms with Crippen LogP contribution in [0.2, 0.25) is 0 Å². The number of carbonyl (C=O) groups excluding carboxylic acids is 1. The van der Waals surface area contributed by atoms with E-state index in [-0.39, 0.29) is 12.5 Å². The molecule has 1 rings (SSSR count). The minimum absolute atomic E-state index is 0.216. The summed E-state index contributed by atoms with van der Waals surface area (Å²) in [5.74, 6) is -0.216. The first-order valence-corrected chi connectivity index (χ1v) is 5.99. The van der Waals surface area contributed by atoms with Crippen molar-refractivity contribution in [3.63, 3.8) is 0 Å². The highest BCUT2D eigenvalue weighted by atomic mass is 16.6. The van der Waals surface area contributed by atoms with Crippen LogP contribution < -0.4 is 5.32 Å². The van der Waals surface area contributed by atoms with E-state index in [0.29, 0.717) is 6.54 Å². The van der Waals surface area contributed by atoms with Gasteiger partial charge in [0.1, 0.15) is 5.60 Å². The smallest absolute Gasteiger partial charge is 0.320 e. The van der Waals surface area contributed by atoms with Crippen molar-refractivity contribution in [3.8, 4) is 0 Å². The van der Waals surface area contributed by atoms with Crippen molar-refractivity contribution in [2.75, 3.05) is 6.54 Å². The van der Waals surface area contributed by atoms with Crippen LogP contribution in [0.15, 0.2) is 18.3 Å². The van der Waals surface area contributed by atoms with Crippen LogP contribution in [0.25, 0.3) is 0 Å². The summed E-state index contributed by atoms with van der Waals surface area (Å²) in [6, 6.07) is 4.06. The van der Waals surface area contributed by atoms with Crippen molar-refractivity contribution < 1.29 is 9.53 Å². The van der Waals surface area contributed by atoms with Crippen LogP contribution in [0.3, 0.4) is 0 Å². The van der Waals surface area contributed by atoms with Crippen molar-refractivity contribution in [1.82, 2.24) is 9.88 Å². The fourth-order valence-corrected chi connectivity index (χ4v) is 1.59. The summed E-state index contributed by atoms with van der Waals surface area (Å²) < 4.78 is 7.35. The van der Waals surface area contributed by atoms with Crippen LogP contribution >= 0.6 is 0 Å². The molecule has 0 spiro atoms. The second-order valence-electron chi connectivity index (χ2n) is 4.98. The quantitative estimate of drug-likeness (QED) is 0.797. The van der Waals surface area contributed by atoms with Gasteiger partial charge in [0.05, 0.1) is 6.54 Å². The van der Waals surface area contributed by atoms with E-state index in [0.717, 1.165) is 6.54 Å². The Morgan fingerprint density at radius 3 is 2.76 bits per heavy atom. The number of aryl methyl sites for hydroxylation is 1. The van der Waals surface area contributed by atoms with Crippen LogP contribution in [-0.2, 0) is 22.6 Å². The second kappa shape index (κ2) is 5.87. The van der Waals surface area contributed by atoms with Crippen LogP contribution in [0.1, 0.15) is 33.4 Å². The summed E-state index contributed by atoms with van der Waals surface area (Å²) in [6.07, 6.45) is 2.03. The molecule has 0 radical (unpaired) electrons. The summed E-state index contributed by atoms with van der Waals surface area (Å²) in [4.78, 5) is 11.5. The lowest BCUT2D eigenvalue weighted by Gasteiger charge is -2.19. The Morgan fingerprint density at radius 1 is 1.47 bits per heavy atom. The molecule has 1 aromatic rings. The topological polar surface area (TPSA) is 43.3 Å². The first-order valence-electron chi connectivity index (χ1n) is 5.99. The van der Waals surface area contributed by atoms with Crippen LogP contribution in [0.4, 0.5) is 0 Å². The second-order valence-corrected chi connectivity index (χ2v) is 4.98. The Hall–Kier alpha value is -1.29. The molecule has 0 bridgehead atoms. The third-order valence-corrected chi connectivity index (χ3v) is 2.26. The van der Waals surface area contributed by atoms with Crippen molar-refractivity contribution in [1.29, 1.82) is 0 Å². The maximum atomic E-state index is 11.5. The Morgan fingerprint density at radius 2 is 2.18 bits per heavy atom. The van der Waals surface area contributed by atoms with Crippen molar-refractivity contribution in [2.45, 2.75) is 46.4 Å². The average molecular weight is 238 g/mol. The maximum absolute atomic E-state index is 11.5. The molecule has 0 aliphatic heterocycles. The molecule has 1 aromatic heterocycles. The third kappa shape index (κ3) is 5.04. The minimum Gasteiger partial charge on any atom is -0.459 e. The zero-order chi connectivity index (χ0) is 12.9. The van der Waals surface area contributed by atoms with Gasteiger partial charge in [0.2, 0.25) is 0 Å². The molecule has 0 aliphatic carbocycles. The van der Waals surface area contributed by atoms with E-state index in [1.165, 1.54) is 5.69 Å². The predicted octanol–water partition coefficient (Wildman–Crippen LogP) is 1.94. The molecule has 96 valence electrons. The van der Waals surface area contributed by atoms with E-state index >= 15 is 0 Å². The summed E-state index contributed by atoms with van der Waals surface area (Å²) in [6.45, 7) is 9.56. The van der Waals surface area contributed by atoms with E-state index in [1.807, 2.05) is 39.1 Å². The number of aromatic nitrogens is 1. The summed E-state index contributed by atoms with van der Waals surface area (Å²) in [5, 5.41) is 3.09. The molecule has 17 heavy (non-hydrogen) atoms. The number of nitrogens with one attached hydrogen (secondary N) is 1. The summed E-state index contributed by atoms with van der Waals surface area (Å²) in [5.41, 5.74) is 0.763. The van der Waals surface area contributed by atoms with E-state index in [4.69, 9.17) is 4.74 Å². The van der Waals surface area contributed by atoms with Gasteiger partial charge in [-0.3, -0.25) is 4.79 Å². The van der Waals surface area contributed by atoms with E-state index in [2.05, 4.69) is 16.8 Å². The normalized spacial score (nSPS) is 11.5. The lowest BCUT2D eigenvalue weighted by molar-refractivity contribution is -0.153. The Kier molecular flexibility index (Phi) is 4.75. The van der Waals surface area contributed by atoms with Gasteiger partial charge >= 0.3 is 5.97 Å². The van der Waals surface area contributed by atoms with Crippen LogP contribution in [0, 0.1) is 0 Å². The Bertz CT molecular complexity index is 364. The molecule has 0 aliphatic rings. The fourth-order valence-electron chi connectivity index (χ4n) is 1.59. The van der Waals surface area contributed by atoms with E-state index < -0.39 is 5.60 Å². The minimum atomic E-state index is -0.414. The largest absolute Gasteiger partial charge is 0.459 e. The average Bonchev–Trinajstić information content (AvgIpc) is 2.62. The molecule has 4 nitrogen and oxygen atoms in total. The van der Waals surface area contributed by atoms with Gasteiger partial charge in [0.25, 0.3) is 0 Å². The van der Waals surface area contributed by atoms with Gasteiger partial charge in [0.15, 0.2) is 0 Å². The Balaban J connectivity index is 2.31. The molecule has 0 saturated carbocycles. The lowest BCUT2D eigenvalue weighted by Crippen LogP contribution is -2.31. The standard InChI is InChI=1S/C13H22N2O2/c1-5-15-8-6-7-11(15)9-14-10-12(16)17-13(2,3)4/h6-8,14H,5,9-10H2,1-4H3. The van der Waals surface area contributed by atoms with Gasteiger partial charge in [-0.05, 0) is 39.8 Å². The molecule has 0 unspecified atom stereocenters. The number of hydrogen-bond acceptors (Lipinski definition) is 3. The highest BCUT2D eigenvalue weighted by Crippen LogP contribution is 2.06. The molecular formula is C13H22N2O2. The Labute approximate surface area is 103 Å². The van der Waals surface area contributed by atoms with Gasteiger partial charge in [-0.2, -0.15) is 0 Å². The van der Waals surface area contributed by atoms with Crippen molar-refractivity contribution in [2.24, 2.45) is 0 Å². The van der Waals surface area contributed by atoms with Crippen LogP contribution in [-0.4, -0.2) is 22.7 Å². The van der Waals surface area contributed by atoms with E-state index in [1.54, 1.807) is 0 Å². The number of hydrogen-bond donors (Lipinski definition) is 1. The monoisotopic (exact) mass is 238 g/mol. The number of esters is 1. The molecule has 1 heterocycles. The predicted molar refractivity (Wildman–Crippen MR) is 67.7 cm³/mol. The van der Waals surface area contributed by atoms with Crippen molar-refractivity contribution in [3.05, 3.63) is 24.0 Å². The highest BCUT2D eigenvalue weighted by Gasteiger charge is 2.15. The maximum Gasteiger partial charge on any atom is 0.320 e. The van der Waals surface area contributed by atoms with Crippen LogP contribution in [0.5, 0.6) is 0 Å². The van der Waals surface area contributed by atoms with Gasteiger partial charge in [-0.15, -0.1) is 0 Å². The molecule has 4 heteroatoms. The third-order valence-electron chi connectivity index (χ3n) is 2.26. The number of rotatable bonds is 5. The SMILES string of the molecule is CCn1cccc1CNCC(=O)OC(C)(C)C.